The predicted octanol–water partition coefficient (Wildman–Crippen LogP) is 2.55. The Morgan fingerprint density at radius 3 is 2.35 bits per heavy atom. The molecule has 0 aliphatic carbocycles. The van der Waals surface area contributed by atoms with Crippen LogP contribution in [0.2, 0.25) is 0 Å². The molecule has 1 N–H and O–H groups in total. The second-order valence-corrected chi connectivity index (χ2v) is 5.87. The minimum atomic E-state index is -1.12. The Hall–Kier alpha value is -2.35. The number of Topliss-reactive ketones (excluding diaryl/α,β-unsaturated/α-hetero) is 1. The zero-order valence-corrected chi connectivity index (χ0v) is 15.1. The molecule has 5 nitrogen and oxygen atoms in total. The van der Waals surface area contributed by atoms with Gasteiger partial charge in [-0.1, -0.05) is 13.3 Å². The van der Waals surface area contributed by atoms with Gasteiger partial charge >= 0.3 is 0 Å². The van der Waals surface area contributed by atoms with E-state index in [1.165, 1.54) is 11.1 Å². The molecule has 0 spiro atoms. The van der Waals surface area contributed by atoms with E-state index in [9.17, 15) is 22.8 Å². The van der Waals surface area contributed by atoms with Crippen LogP contribution in [0.4, 0.5) is 13.2 Å². The van der Waals surface area contributed by atoms with Crippen LogP contribution in [0.1, 0.15) is 25.3 Å². The van der Waals surface area contributed by atoms with Crippen LogP contribution in [-0.2, 0) is 20.9 Å². The molecule has 0 bridgehead atoms. The standard InChI is InChI=1S/C18H23F3N2O3/c1-4-5-6-26-11-17(24)14(10-23(2)3)18(25)22-9-13-15(20)7-12(19)8-16(13)21/h7-8,10H,4-6,9,11H2,1-3H3,(H,22,25)/b14-10-. The first-order chi connectivity index (χ1) is 12.3. The third kappa shape index (κ3) is 6.87. The lowest BCUT2D eigenvalue weighted by atomic mass is 10.1. The van der Waals surface area contributed by atoms with Crippen LogP contribution in [0.5, 0.6) is 0 Å². The number of amides is 1. The van der Waals surface area contributed by atoms with E-state index >= 15 is 0 Å². The van der Waals surface area contributed by atoms with Gasteiger partial charge in [0.15, 0.2) is 5.78 Å². The van der Waals surface area contributed by atoms with Crippen LogP contribution < -0.4 is 5.32 Å². The topological polar surface area (TPSA) is 58.6 Å². The van der Waals surface area contributed by atoms with Gasteiger partial charge in [0.25, 0.3) is 5.91 Å². The Balaban J connectivity index is 2.80. The minimum Gasteiger partial charge on any atom is -0.383 e. The van der Waals surface area contributed by atoms with Crippen LogP contribution >= 0.6 is 0 Å². The summed E-state index contributed by atoms with van der Waals surface area (Å²) in [4.78, 5) is 26.0. The highest BCUT2D eigenvalue weighted by molar-refractivity contribution is 6.19. The normalized spacial score (nSPS) is 11.4. The highest BCUT2D eigenvalue weighted by Gasteiger charge is 2.20. The van der Waals surface area contributed by atoms with Crippen molar-refractivity contribution < 1.29 is 27.5 Å². The van der Waals surface area contributed by atoms with E-state index in [4.69, 9.17) is 4.74 Å². The van der Waals surface area contributed by atoms with Crippen molar-refractivity contribution in [2.45, 2.75) is 26.3 Å². The number of unbranched alkanes of at least 4 members (excludes halogenated alkanes) is 1. The van der Waals surface area contributed by atoms with Crippen molar-refractivity contribution in [1.82, 2.24) is 10.2 Å². The summed E-state index contributed by atoms with van der Waals surface area (Å²) in [5.74, 6) is -4.63. The predicted molar refractivity (Wildman–Crippen MR) is 90.7 cm³/mol. The molecule has 0 aromatic heterocycles. The molecule has 1 aromatic carbocycles. The molecule has 0 unspecified atom stereocenters. The number of rotatable bonds is 10. The lowest BCUT2D eigenvalue weighted by Gasteiger charge is -2.13. The number of hydrogen-bond donors (Lipinski definition) is 1. The maximum atomic E-state index is 13.6. The van der Waals surface area contributed by atoms with Crippen molar-refractivity contribution >= 4 is 11.7 Å². The van der Waals surface area contributed by atoms with Crippen LogP contribution in [0, 0.1) is 17.5 Å². The van der Waals surface area contributed by atoms with Crippen molar-refractivity contribution in [2.24, 2.45) is 0 Å². The first kappa shape index (κ1) is 21.7. The zero-order chi connectivity index (χ0) is 19.7. The van der Waals surface area contributed by atoms with Crippen LogP contribution in [0.3, 0.4) is 0 Å². The molecule has 144 valence electrons. The van der Waals surface area contributed by atoms with E-state index in [1.54, 1.807) is 14.1 Å². The summed E-state index contributed by atoms with van der Waals surface area (Å²) in [5.41, 5.74) is -0.690. The molecular formula is C18H23F3N2O3. The fraction of sp³-hybridized carbons (Fsp3) is 0.444. The van der Waals surface area contributed by atoms with Gasteiger partial charge in [-0.25, -0.2) is 13.2 Å². The molecule has 0 saturated heterocycles. The zero-order valence-electron chi connectivity index (χ0n) is 15.1. The number of halogens is 3. The minimum absolute atomic E-state index is 0.200. The van der Waals surface area contributed by atoms with Crippen molar-refractivity contribution in [1.29, 1.82) is 0 Å². The third-order valence-corrected chi connectivity index (χ3v) is 3.34. The smallest absolute Gasteiger partial charge is 0.256 e. The number of carbonyl (C=O) groups is 2. The van der Waals surface area contributed by atoms with Crippen molar-refractivity contribution in [3.05, 3.63) is 46.9 Å². The Labute approximate surface area is 150 Å². The number of ether oxygens (including phenoxy) is 1. The lowest BCUT2D eigenvalue weighted by Crippen LogP contribution is -2.31. The number of benzene rings is 1. The Bertz CT molecular complexity index is 653. The molecule has 0 atom stereocenters. The molecule has 0 saturated carbocycles. The maximum absolute atomic E-state index is 13.6. The molecule has 1 rings (SSSR count). The third-order valence-electron chi connectivity index (χ3n) is 3.34. The summed E-state index contributed by atoms with van der Waals surface area (Å²) in [6.45, 7) is 1.58. The summed E-state index contributed by atoms with van der Waals surface area (Å²) >= 11 is 0. The number of ketones is 1. The van der Waals surface area contributed by atoms with Gasteiger partial charge in [-0.05, 0) is 6.42 Å². The molecule has 0 aliphatic heterocycles. The fourth-order valence-electron chi connectivity index (χ4n) is 2.01. The lowest BCUT2D eigenvalue weighted by molar-refractivity contribution is -0.125. The highest BCUT2D eigenvalue weighted by Crippen LogP contribution is 2.14. The number of nitrogens with zero attached hydrogens (tertiary/aromatic N) is 1. The molecule has 0 heterocycles. The molecule has 0 fully saturated rings. The van der Waals surface area contributed by atoms with E-state index in [1.807, 2.05) is 6.92 Å². The van der Waals surface area contributed by atoms with Gasteiger partial charge in [0.05, 0.1) is 0 Å². The van der Waals surface area contributed by atoms with E-state index in [2.05, 4.69) is 5.32 Å². The maximum Gasteiger partial charge on any atom is 0.256 e. The first-order valence-electron chi connectivity index (χ1n) is 8.17. The quantitative estimate of drug-likeness (QED) is 0.297. The molecule has 8 heteroatoms. The largest absolute Gasteiger partial charge is 0.383 e. The average molecular weight is 372 g/mol. The summed E-state index contributed by atoms with van der Waals surface area (Å²) in [6.07, 6.45) is 3.00. The Kier molecular flexibility index (Phi) is 8.84. The van der Waals surface area contributed by atoms with Crippen molar-refractivity contribution in [3.8, 4) is 0 Å². The van der Waals surface area contributed by atoms with Gasteiger partial charge in [0.2, 0.25) is 0 Å². The van der Waals surface area contributed by atoms with E-state index in [0.29, 0.717) is 18.7 Å². The van der Waals surface area contributed by atoms with Gasteiger partial charge in [0, 0.05) is 51.1 Å². The molecule has 0 radical (unpaired) electrons. The van der Waals surface area contributed by atoms with E-state index < -0.39 is 41.3 Å². The van der Waals surface area contributed by atoms with Gasteiger partial charge in [-0.2, -0.15) is 0 Å². The van der Waals surface area contributed by atoms with Crippen molar-refractivity contribution in [2.75, 3.05) is 27.3 Å². The fourth-order valence-corrected chi connectivity index (χ4v) is 2.01. The van der Waals surface area contributed by atoms with Crippen LogP contribution in [0.15, 0.2) is 23.9 Å². The van der Waals surface area contributed by atoms with Crippen LogP contribution in [-0.4, -0.2) is 43.9 Å². The number of hydrogen-bond acceptors (Lipinski definition) is 4. The SMILES string of the molecule is CCCCOCC(=O)/C(=C/N(C)C)C(=O)NCc1c(F)cc(F)cc1F. The molecule has 0 aliphatic rings. The Morgan fingerprint density at radius 2 is 1.81 bits per heavy atom. The summed E-state index contributed by atoms with van der Waals surface area (Å²) in [7, 11) is 3.25. The van der Waals surface area contributed by atoms with Gasteiger partial charge in [-0.3, -0.25) is 9.59 Å². The number of nitrogens with one attached hydrogen (secondary N) is 1. The van der Waals surface area contributed by atoms with Crippen LogP contribution in [0.25, 0.3) is 0 Å². The highest BCUT2D eigenvalue weighted by atomic mass is 19.1. The summed E-state index contributed by atoms with van der Waals surface area (Å²) in [6, 6.07) is 1.04. The second-order valence-electron chi connectivity index (χ2n) is 5.87. The first-order valence-corrected chi connectivity index (χ1v) is 8.17. The molecule has 1 amide bonds. The molecular weight excluding hydrogens is 349 g/mol. The van der Waals surface area contributed by atoms with Gasteiger partial charge in [0.1, 0.15) is 29.6 Å². The summed E-state index contributed by atoms with van der Waals surface area (Å²) in [5, 5.41) is 2.28. The molecule has 26 heavy (non-hydrogen) atoms. The van der Waals surface area contributed by atoms with Gasteiger partial charge in [-0.15, -0.1) is 0 Å². The molecule has 1 aromatic rings. The Morgan fingerprint density at radius 1 is 1.19 bits per heavy atom. The van der Waals surface area contributed by atoms with Gasteiger partial charge < -0.3 is 15.0 Å². The second kappa shape index (κ2) is 10.6. The average Bonchev–Trinajstić information content (AvgIpc) is 2.55. The monoisotopic (exact) mass is 372 g/mol. The van der Waals surface area contributed by atoms with E-state index in [0.717, 1.165) is 12.8 Å². The van der Waals surface area contributed by atoms with Crippen molar-refractivity contribution in [3.63, 3.8) is 0 Å². The summed E-state index contributed by atoms with van der Waals surface area (Å²) < 4.78 is 45.4. The van der Waals surface area contributed by atoms with E-state index in [-0.39, 0.29) is 12.2 Å². The number of carbonyl (C=O) groups excluding carboxylic acids is 2.